The Labute approximate surface area is 163 Å². The Balaban J connectivity index is 1.66. The van der Waals surface area contributed by atoms with Crippen molar-refractivity contribution in [3.63, 3.8) is 0 Å². The first kappa shape index (κ1) is 19.3. The summed E-state index contributed by atoms with van der Waals surface area (Å²) in [6.45, 7) is 12.9. The largest absolute Gasteiger partial charge is 0.373 e. The van der Waals surface area contributed by atoms with Crippen LogP contribution in [-0.4, -0.2) is 37.5 Å². The van der Waals surface area contributed by atoms with Gasteiger partial charge in [0.1, 0.15) is 5.82 Å². The smallest absolute Gasteiger partial charge is 0.256 e. The highest BCUT2D eigenvalue weighted by Crippen LogP contribution is 2.46. The van der Waals surface area contributed by atoms with E-state index < -0.39 is 0 Å². The van der Waals surface area contributed by atoms with Crippen molar-refractivity contribution in [3.8, 4) is 0 Å². The van der Waals surface area contributed by atoms with E-state index in [9.17, 15) is 4.79 Å². The van der Waals surface area contributed by atoms with Crippen molar-refractivity contribution in [2.75, 3.05) is 31.6 Å². The van der Waals surface area contributed by atoms with Crippen molar-refractivity contribution in [3.05, 3.63) is 65.5 Å². The average molecular weight is 366 g/mol. The summed E-state index contributed by atoms with van der Waals surface area (Å²) in [6.07, 6.45) is 5.90. The van der Waals surface area contributed by atoms with Crippen molar-refractivity contribution in [2.45, 2.75) is 39.0 Å². The highest BCUT2D eigenvalue weighted by Gasteiger charge is 2.43. The molecule has 0 bridgehead atoms. The van der Waals surface area contributed by atoms with Gasteiger partial charge in [-0.25, -0.2) is 0 Å². The zero-order valence-corrected chi connectivity index (χ0v) is 17.0. The number of hydrogen-bond acceptors (Lipinski definition) is 3. The molecule has 144 valence electrons. The third-order valence-corrected chi connectivity index (χ3v) is 5.90. The molecule has 1 aromatic carbocycles. The summed E-state index contributed by atoms with van der Waals surface area (Å²) >= 11 is 0. The fourth-order valence-electron chi connectivity index (χ4n) is 4.42. The Bertz CT molecular complexity index is 794. The van der Waals surface area contributed by atoms with E-state index in [0.29, 0.717) is 11.4 Å². The van der Waals surface area contributed by atoms with Crippen LogP contribution in [0.15, 0.2) is 60.0 Å². The molecule has 0 saturated carbocycles. The van der Waals surface area contributed by atoms with Crippen LogP contribution < -0.4 is 10.2 Å². The van der Waals surface area contributed by atoms with Crippen molar-refractivity contribution < 1.29 is 4.79 Å². The maximum Gasteiger partial charge on any atom is 0.256 e. The number of anilines is 1. The van der Waals surface area contributed by atoms with Gasteiger partial charge in [-0.1, -0.05) is 42.5 Å². The van der Waals surface area contributed by atoms with E-state index in [2.05, 4.69) is 53.0 Å². The Morgan fingerprint density at radius 3 is 2.52 bits per heavy atom. The molecule has 0 atom stereocenters. The van der Waals surface area contributed by atoms with Crippen molar-refractivity contribution >= 4 is 11.6 Å². The quantitative estimate of drug-likeness (QED) is 0.648. The molecule has 4 heteroatoms. The summed E-state index contributed by atoms with van der Waals surface area (Å²) in [5.41, 5.74) is 4.77. The minimum Gasteiger partial charge on any atom is -0.373 e. The van der Waals surface area contributed by atoms with Gasteiger partial charge in [0.25, 0.3) is 5.91 Å². The van der Waals surface area contributed by atoms with Gasteiger partial charge in [0.05, 0.1) is 0 Å². The molecule has 2 aliphatic heterocycles. The van der Waals surface area contributed by atoms with E-state index in [-0.39, 0.29) is 11.3 Å². The van der Waals surface area contributed by atoms with E-state index in [1.54, 1.807) is 0 Å². The fraction of sp³-hybridized carbons (Fsp3) is 0.435. The number of nitrogens with zero attached hydrogens (tertiary/aromatic N) is 2. The number of likely N-dealkylation sites (N-methyl/N-ethyl adjacent to an activating group) is 1. The lowest BCUT2D eigenvalue weighted by molar-refractivity contribution is -0.117. The summed E-state index contributed by atoms with van der Waals surface area (Å²) in [5, 5.41) is 3.00. The highest BCUT2D eigenvalue weighted by molar-refractivity contribution is 5.97. The summed E-state index contributed by atoms with van der Waals surface area (Å²) in [6, 6.07) is 8.76. The molecule has 0 unspecified atom stereocenters. The summed E-state index contributed by atoms with van der Waals surface area (Å²) in [4.78, 5) is 17.2. The van der Waals surface area contributed by atoms with E-state index in [1.165, 1.54) is 11.3 Å². The minimum absolute atomic E-state index is 0.0793. The number of benzene rings is 1. The van der Waals surface area contributed by atoms with E-state index in [0.717, 1.165) is 38.0 Å². The topological polar surface area (TPSA) is 35.6 Å². The number of likely N-dealkylation sites (tertiary alicyclic amines) is 1. The number of amides is 1. The molecule has 1 aromatic rings. The predicted molar refractivity (Wildman–Crippen MR) is 113 cm³/mol. The molecule has 3 rings (SSSR count). The molecule has 1 saturated heterocycles. The highest BCUT2D eigenvalue weighted by atomic mass is 16.1. The van der Waals surface area contributed by atoms with E-state index in [1.807, 2.05) is 32.9 Å². The number of piperidine rings is 1. The molecular formula is C23H31N3O. The van der Waals surface area contributed by atoms with Gasteiger partial charge in [-0.2, -0.15) is 0 Å². The number of para-hydroxylation sites is 1. The van der Waals surface area contributed by atoms with Gasteiger partial charge in [-0.3, -0.25) is 4.79 Å². The summed E-state index contributed by atoms with van der Waals surface area (Å²) in [7, 11) is 2.18. The number of hydrogen-bond donors (Lipinski definition) is 1. The number of allylic oxidation sites excluding steroid dienone is 2. The molecule has 1 spiro atoms. The maximum absolute atomic E-state index is 12.6. The van der Waals surface area contributed by atoms with Gasteiger partial charge in [-0.15, -0.1) is 0 Å². The van der Waals surface area contributed by atoms with Crippen LogP contribution in [0.25, 0.3) is 0 Å². The second kappa shape index (κ2) is 7.63. The predicted octanol–water partition coefficient (Wildman–Crippen LogP) is 3.97. The number of carbonyl (C=O) groups is 1. The zero-order chi connectivity index (χ0) is 19.6. The van der Waals surface area contributed by atoms with Crippen molar-refractivity contribution in [1.82, 2.24) is 10.2 Å². The lowest BCUT2D eigenvalue weighted by atomic mass is 9.74. The molecule has 1 amide bonds. The number of rotatable bonds is 4. The molecule has 0 aliphatic carbocycles. The first-order valence-corrected chi connectivity index (χ1v) is 9.74. The van der Waals surface area contributed by atoms with Gasteiger partial charge >= 0.3 is 0 Å². The third-order valence-electron chi connectivity index (χ3n) is 5.90. The van der Waals surface area contributed by atoms with E-state index >= 15 is 0 Å². The van der Waals surface area contributed by atoms with Crippen LogP contribution in [-0.2, 0) is 10.2 Å². The lowest BCUT2D eigenvalue weighted by Gasteiger charge is -2.41. The first-order valence-electron chi connectivity index (χ1n) is 9.74. The van der Waals surface area contributed by atoms with Gasteiger partial charge in [0, 0.05) is 43.4 Å². The molecule has 4 nitrogen and oxygen atoms in total. The minimum atomic E-state index is -0.0793. The number of nitrogens with one attached hydrogen (secondary N) is 1. The normalized spacial score (nSPS) is 17.9. The molecular weight excluding hydrogens is 334 g/mol. The van der Waals surface area contributed by atoms with Crippen LogP contribution >= 0.6 is 0 Å². The second-order valence-corrected chi connectivity index (χ2v) is 7.96. The fourth-order valence-corrected chi connectivity index (χ4v) is 4.42. The summed E-state index contributed by atoms with van der Waals surface area (Å²) in [5.74, 6) is 0.627. The van der Waals surface area contributed by atoms with Crippen LogP contribution in [0.4, 0.5) is 5.69 Å². The Kier molecular flexibility index (Phi) is 5.45. The average Bonchev–Trinajstić information content (AvgIpc) is 2.92. The molecule has 27 heavy (non-hydrogen) atoms. The molecule has 2 heterocycles. The van der Waals surface area contributed by atoms with Crippen molar-refractivity contribution in [1.29, 1.82) is 0 Å². The second-order valence-electron chi connectivity index (χ2n) is 7.96. The van der Waals surface area contributed by atoms with Gasteiger partial charge in [0.2, 0.25) is 0 Å². The molecule has 1 fully saturated rings. The van der Waals surface area contributed by atoms with Crippen LogP contribution in [0.1, 0.15) is 39.2 Å². The van der Waals surface area contributed by atoms with Crippen LogP contribution in [0.5, 0.6) is 0 Å². The van der Waals surface area contributed by atoms with Crippen LogP contribution in [0.3, 0.4) is 0 Å². The van der Waals surface area contributed by atoms with E-state index in [4.69, 9.17) is 0 Å². The summed E-state index contributed by atoms with van der Waals surface area (Å²) < 4.78 is 0. The number of fused-ring (bicyclic) bond motifs is 2. The maximum atomic E-state index is 12.6. The molecule has 2 aliphatic rings. The Morgan fingerprint density at radius 2 is 1.89 bits per heavy atom. The lowest BCUT2D eigenvalue weighted by Crippen LogP contribution is -2.46. The van der Waals surface area contributed by atoms with Crippen LogP contribution in [0.2, 0.25) is 0 Å². The van der Waals surface area contributed by atoms with Crippen molar-refractivity contribution in [2.24, 2.45) is 0 Å². The van der Waals surface area contributed by atoms with Gasteiger partial charge < -0.3 is 15.1 Å². The molecule has 1 N–H and O–H groups in total. The van der Waals surface area contributed by atoms with Crippen LogP contribution in [0, 0.1) is 0 Å². The Hall–Kier alpha value is -2.49. The third kappa shape index (κ3) is 3.66. The Morgan fingerprint density at radius 1 is 1.22 bits per heavy atom. The molecule has 0 radical (unpaired) electrons. The van der Waals surface area contributed by atoms with Gasteiger partial charge in [-0.05, 0) is 45.2 Å². The van der Waals surface area contributed by atoms with Gasteiger partial charge in [0.15, 0.2) is 0 Å². The SMILES string of the molecule is C=C(NC(=O)C(/C=C\C)=C(C)C)N1CCC2(CC1)CN(C)c1ccccc12. The molecule has 0 aromatic heterocycles. The zero-order valence-electron chi connectivity index (χ0n) is 17.0. The monoisotopic (exact) mass is 365 g/mol. The first-order chi connectivity index (χ1) is 12.9. The standard InChI is InChI=1S/C23H31N3O/c1-6-9-19(17(2)3)22(27)24-18(4)26-14-12-23(13-15-26)16-25(5)21-11-8-7-10-20(21)23/h6-11H,4,12-16H2,1-3,5H3,(H,24,27)/b9-6-. The number of carbonyl (C=O) groups excluding carboxylic acids is 1.